The van der Waals surface area contributed by atoms with Crippen molar-refractivity contribution >= 4 is 17.5 Å². The van der Waals surface area contributed by atoms with Crippen LogP contribution in [0.25, 0.3) is 0 Å². The number of halogens is 1. The van der Waals surface area contributed by atoms with Gasteiger partial charge < -0.3 is 4.90 Å². The molecule has 0 fully saturated rings. The van der Waals surface area contributed by atoms with Gasteiger partial charge in [0.2, 0.25) is 5.91 Å². The van der Waals surface area contributed by atoms with E-state index in [0.29, 0.717) is 24.8 Å². The van der Waals surface area contributed by atoms with E-state index >= 15 is 0 Å². The number of carbonyl (C=O) groups excluding carboxylic acids is 1. The smallest absolute Gasteiger partial charge is 0.223 e. The van der Waals surface area contributed by atoms with Crippen LogP contribution in [0, 0.1) is 5.92 Å². The lowest BCUT2D eigenvalue weighted by atomic mass is 10.0. The molecule has 0 saturated carbocycles. The summed E-state index contributed by atoms with van der Waals surface area (Å²) in [7, 11) is 1.82. The molecule has 0 unspecified atom stereocenters. The first-order valence-electron chi connectivity index (χ1n) is 6.40. The summed E-state index contributed by atoms with van der Waals surface area (Å²) >= 11 is 5.57. The largest absolute Gasteiger partial charge is 0.341 e. The van der Waals surface area contributed by atoms with Gasteiger partial charge in [-0.25, -0.2) is 0 Å². The molecule has 0 heterocycles. The maximum Gasteiger partial charge on any atom is 0.223 e. The Bertz CT molecular complexity index is 373. The molecular weight excluding hydrogens is 246 g/mol. The summed E-state index contributed by atoms with van der Waals surface area (Å²) in [6, 6.07) is 8.49. The van der Waals surface area contributed by atoms with Crippen molar-refractivity contribution in [2.24, 2.45) is 5.92 Å². The van der Waals surface area contributed by atoms with Crippen LogP contribution in [0.1, 0.15) is 31.4 Å². The molecule has 0 aromatic heterocycles. The lowest BCUT2D eigenvalue weighted by Gasteiger charge is -2.17. The molecule has 0 aliphatic rings. The van der Waals surface area contributed by atoms with Gasteiger partial charge in [0.05, 0.1) is 0 Å². The van der Waals surface area contributed by atoms with Gasteiger partial charge in [-0.15, -0.1) is 11.6 Å². The lowest BCUT2D eigenvalue weighted by molar-refractivity contribution is -0.129. The standard InChI is InChI=1S/C15H22ClNO/c1-12(2)10-13-4-6-14(7-5-13)11-17(3)15(18)8-9-16/h4-7,12H,8-11H2,1-3H3. The Balaban J connectivity index is 2.55. The zero-order valence-electron chi connectivity index (χ0n) is 11.4. The fourth-order valence-corrected chi connectivity index (χ4v) is 2.05. The zero-order chi connectivity index (χ0) is 13.5. The second kappa shape index (κ2) is 7.42. The summed E-state index contributed by atoms with van der Waals surface area (Å²) in [5, 5.41) is 0. The Kier molecular flexibility index (Phi) is 6.20. The average Bonchev–Trinajstić information content (AvgIpc) is 2.31. The number of nitrogens with zero attached hydrogens (tertiary/aromatic N) is 1. The van der Waals surface area contributed by atoms with Crippen molar-refractivity contribution in [3.8, 4) is 0 Å². The molecule has 2 nitrogen and oxygen atoms in total. The topological polar surface area (TPSA) is 20.3 Å². The first-order valence-corrected chi connectivity index (χ1v) is 6.94. The van der Waals surface area contributed by atoms with Crippen molar-refractivity contribution < 1.29 is 4.79 Å². The molecule has 3 heteroatoms. The molecule has 100 valence electrons. The summed E-state index contributed by atoms with van der Waals surface area (Å²) in [6.45, 7) is 5.08. The highest BCUT2D eigenvalue weighted by molar-refractivity contribution is 6.18. The van der Waals surface area contributed by atoms with Crippen molar-refractivity contribution in [1.82, 2.24) is 4.90 Å². The van der Waals surface area contributed by atoms with E-state index in [1.165, 1.54) is 5.56 Å². The molecule has 0 N–H and O–H groups in total. The zero-order valence-corrected chi connectivity index (χ0v) is 12.2. The third kappa shape index (κ3) is 5.09. The van der Waals surface area contributed by atoms with Gasteiger partial charge in [-0.2, -0.15) is 0 Å². The summed E-state index contributed by atoms with van der Waals surface area (Å²) in [6.07, 6.45) is 1.50. The molecule has 18 heavy (non-hydrogen) atoms. The van der Waals surface area contributed by atoms with Gasteiger partial charge in [-0.05, 0) is 23.5 Å². The summed E-state index contributed by atoms with van der Waals surface area (Å²) in [5.41, 5.74) is 2.51. The number of hydrogen-bond acceptors (Lipinski definition) is 1. The van der Waals surface area contributed by atoms with Crippen molar-refractivity contribution in [2.45, 2.75) is 33.2 Å². The van der Waals surface area contributed by atoms with Crippen LogP contribution < -0.4 is 0 Å². The van der Waals surface area contributed by atoms with Gasteiger partial charge in [-0.3, -0.25) is 4.79 Å². The van der Waals surface area contributed by atoms with Gasteiger partial charge in [-0.1, -0.05) is 38.1 Å². The predicted octanol–water partition coefficient (Wildman–Crippen LogP) is 3.47. The SMILES string of the molecule is CC(C)Cc1ccc(CN(C)C(=O)CCCl)cc1. The van der Waals surface area contributed by atoms with Crippen LogP contribution in [0.2, 0.25) is 0 Å². The number of rotatable bonds is 6. The van der Waals surface area contributed by atoms with Gasteiger partial charge in [0.15, 0.2) is 0 Å². The van der Waals surface area contributed by atoms with Crippen LogP contribution >= 0.6 is 11.6 Å². The number of amides is 1. The molecule has 1 amide bonds. The van der Waals surface area contributed by atoms with Crippen LogP contribution in [0.15, 0.2) is 24.3 Å². The molecule has 0 atom stereocenters. The number of hydrogen-bond donors (Lipinski definition) is 0. The van der Waals surface area contributed by atoms with Gasteiger partial charge in [0, 0.05) is 25.9 Å². The first kappa shape index (κ1) is 15.0. The van der Waals surface area contributed by atoms with Crippen molar-refractivity contribution in [1.29, 1.82) is 0 Å². The number of alkyl halides is 1. The van der Waals surface area contributed by atoms with E-state index in [-0.39, 0.29) is 5.91 Å². The third-order valence-corrected chi connectivity index (χ3v) is 3.01. The van der Waals surface area contributed by atoms with E-state index in [0.717, 1.165) is 12.0 Å². The second-order valence-corrected chi connectivity index (χ2v) is 5.48. The van der Waals surface area contributed by atoms with Gasteiger partial charge in [0.1, 0.15) is 0 Å². The van der Waals surface area contributed by atoms with E-state index in [9.17, 15) is 4.79 Å². The summed E-state index contributed by atoms with van der Waals surface area (Å²) in [4.78, 5) is 13.3. The monoisotopic (exact) mass is 267 g/mol. The molecule has 0 spiro atoms. The molecule has 0 saturated heterocycles. The quantitative estimate of drug-likeness (QED) is 0.723. The molecule has 0 bridgehead atoms. The van der Waals surface area contributed by atoms with E-state index < -0.39 is 0 Å². The number of carbonyl (C=O) groups is 1. The summed E-state index contributed by atoms with van der Waals surface area (Å²) in [5.74, 6) is 1.15. The summed E-state index contributed by atoms with van der Waals surface area (Å²) < 4.78 is 0. The molecular formula is C15H22ClNO. The molecule has 1 rings (SSSR count). The normalized spacial score (nSPS) is 10.7. The first-order chi connectivity index (χ1) is 8.52. The molecule has 1 aromatic rings. The Labute approximate surface area is 115 Å². The fourth-order valence-electron chi connectivity index (χ4n) is 1.89. The van der Waals surface area contributed by atoms with Crippen molar-refractivity contribution in [3.63, 3.8) is 0 Å². The van der Waals surface area contributed by atoms with Crippen LogP contribution in [0.5, 0.6) is 0 Å². The maximum atomic E-state index is 11.6. The second-order valence-electron chi connectivity index (χ2n) is 5.10. The lowest BCUT2D eigenvalue weighted by Crippen LogP contribution is -2.26. The van der Waals surface area contributed by atoms with Gasteiger partial charge in [0.25, 0.3) is 0 Å². The average molecular weight is 268 g/mol. The van der Waals surface area contributed by atoms with E-state index in [4.69, 9.17) is 11.6 Å². The minimum atomic E-state index is 0.0938. The van der Waals surface area contributed by atoms with Crippen molar-refractivity contribution in [3.05, 3.63) is 35.4 Å². The molecule has 1 aromatic carbocycles. The van der Waals surface area contributed by atoms with Crippen LogP contribution in [-0.2, 0) is 17.8 Å². The number of benzene rings is 1. The van der Waals surface area contributed by atoms with E-state index in [2.05, 4.69) is 38.1 Å². The van der Waals surface area contributed by atoms with Crippen LogP contribution in [-0.4, -0.2) is 23.7 Å². The molecule has 0 aliphatic carbocycles. The Morgan fingerprint density at radius 1 is 1.22 bits per heavy atom. The Hall–Kier alpha value is -1.02. The Morgan fingerprint density at radius 3 is 2.28 bits per heavy atom. The fraction of sp³-hybridized carbons (Fsp3) is 0.533. The highest BCUT2D eigenvalue weighted by Gasteiger charge is 2.08. The predicted molar refractivity (Wildman–Crippen MR) is 76.8 cm³/mol. The van der Waals surface area contributed by atoms with E-state index in [1.807, 2.05) is 7.05 Å². The van der Waals surface area contributed by atoms with Crippen molar-refractivity contribution in [2.75, 3.05) is 12.9 Å². The van der Waals surface area contributed by atoms with E-state index in [1.54, 1.807) is 4.90 Å². The van der Waals surface area contributed by atoms with Crippen LogP contribution in [0.3, 0.4) is 0 Å². The maximum absolute atomic E-state index is 11.6. The highest BCUT2D eigenvalue weighted by Crippen LogP contribution is 2.11. The minimum Gasteiger partial charge on any atom is -0.341 e. The highest BCUT2D eigenvalue weighted by atomic mass is 35.5. The van der Waals surface area contributed by atoms with Gasteiger partial charge >= 0.3 is 0 Å². The van der Waals surface area contributed by atoms with Crippen LogP contribution in [0.4, 0.5) is 0 Å². The third-order valence-electron chi connectivity index (χ3n) is 2.82. The Morgan fingerprint density at radius 2 is 1.78 bits per heavy atom. The molecule has 0 aliphatic heterocycles. The molecule has 0 radical (unpaired) electrons. The minimum absolute atomic E-state index is 0.0938.